The topological polar surface area (TPSA) is 43.3 Å². The Morgan fingerprint density at radius 1 is 1.35 bits per heavy atom. The fraction of sp³-hybridized carbons (Fsp3) is 0.400. The summed E-state index contributed by atoms with van der Waals surface area (Å²) in [4.78, 5) is 13.7. The quantitative estimate of drug-likeness (QED) is 0.852. The van der Waals surface area contributed by atoms with Gasteiger partial charge in [-0.3, -0.25) is 4.79 Å². The van der Waals surface area contributed by atoms with Gasteiger partial charge in [0.25, 0.3) is 5.56 Å². The van der Waals surface area contributed by atoms with E-state index in [1.165, 1.54) is 0 Å². The van der Waals surface area contributed by atoms with Crippen LogP contribution >= 0.6 is 11.3 Å². The van der Waals surface area contributed by atoms with Gasteiger partial charge in [-0.2, -0.15) is 0 Å². The number of rotatable bonds is 7. The second-order valence-electron chi connectivity index (χ2n) is 4.45. The van der Waals surface area contributed by atoms with E-state index in [0.29, 0.717) is 19.7 Å². The SMILES string of the molecule is CCNCc1ccc(-c2cccs2)n(CCOC)c1=O. The third-order valence-electron chi connectivity index (χ3n) is 3.11. The van der Waals surface area contributed by atoms with E-state index in [1.54, 1.807) is 18.4 Å². The summed E-state index contributed by atoms with van der Waals surface area (Å²) < 4.78 is 6.93. The molecular formula is C15H20N2O2S. The first-order valence-electron chi connectivity index (χ1n) is 6.74. The first-order chi connectivity index (χ1) is 9.77. The van der Waals surface area contributed by atoms with E-state index in [0.717, 1.165) is 22.7 Å². The van der Waals surface area contributed by atoms with Crippen molar-refractivity contribution in [2.45, 2.75) is 20.0 Å². The Morgan fingerprint density at radius 2 is 2.20 bits per heavy atom. The van der Waals surface area contributed by atoms with E-state index in [9.17, 15) is 4.79 Å². The third kappa shape index (κ3) is 3.36. The molecule has 0 atom stereocenters. The van der Waals surface area contributed by atoms with Crippen molar-refractivity contribution in [2.75, 3.05) is 20.3 Å². The van der Waals surface area contributed by atoms with E-state index in [4.69, 9.17) is 4.74 Å². The first kappa shape index (κ1) is 15.0. The Kier molecular flexibility index (Phi) is 5.52. The Balaban J connectivity index is 2.41. The van der Waals surface area contributed by atoms with Crippen molar-refractivity contribution in [2.24, 2.45) is 0 Å². The van der Waals surface area contributed by atoms with Gasteiger partial charge in [-0.05, 0) is 24.1 Å². The average Bonchev–Trinajstić information content (AvgIpc) is 2.98. The van der Waals surface area contributed by atoms with Gasteiger partial charge in [-0.1, -0.05) is 19.1 Å². The van der Waals surface area contributed by atoms with Crippen LogP contribution in [-0.4, -0.2) is 24.8 Å². The first-order valence-corrected chi connectivity index (χ1v) is 7.62. The zero-order valence-corrected chi connectivity index (χ0v) is 12.7. The van der Waals surface area contributed by atoms with Crippen molar-refractivity contribution >= 4 is 11.3 Å². The van der Waals surface area contributed by atoms with Crippen LogP contribution in [0.25, 0.3) is 10.6 Å². The number of pyridine rings is 1. The van der Waals surface area contributed by atoms with Crippen molar-refractivity contribution in [3.63, 3.8) is 0 Å². The monoisotopic (exact) mass is 292 g/mol. The van der Waals surface area contributed by atoms with Gasteiger partial charge in [-0.25, -0.2) is 0 Å². The summed E-state index contributed by atoms with van der Waals surface area (Å²) in [5.74, 6) is 0. The molecule has 0 radical (unpaired) electrons. The maximum atomic E-state index is 12.6. The number of thiophene rings is 1. The molecule has 0 spiro atoms. The molecule has 2 aromatic heterocycles. The molecule has 0 unspecified atom stereocenters. The van der Waals surface area contributed by atoms with Crippen molar-refractivity contribution in [1.29, 1.82) is 0 Å². The van der Waals surface area contributed by atoms with Crippen LogP contribution < -0.4 is 10.9 Å². The lowest BCUT2D eigenvalue weighted by Gasteiger charge is -2.13. The van der Waals surface area contributed by atoms with Crippen LogP contribution in [0.3, 0.4) is 0 Å². The lowest BCUT2D eigenvalue weighted by atomic mass is 10.2. The van der Waals surface area contributed by atoms with Crippen LogP contribution in [0, 0.1) is 0 Å². The highest BCUT2D eigenvalue weighted by molar-refractivity contribution is 7.13. The standard InChI is InChI=1S/C15H20N2O2S/c1-3-16-11-12-6-7-13(14-5-4-10-20-14)17(15(12)18)8-9-19-2/h4-7,10,16H,3,8-9,11H2,1-2H3. The highest BCUT2D eigenvalue weighted by Crippen LogP contribution is 2.23. The van der Waals surface area contributed by atoms with Crippen LogP contribution in [0.15, 0.2) is 34.4 Å². The minimum absolute atomic E-state index is 0.0638. The maximum Gasteiger partial charge on any atom is 0.255 e. The molecule has 0 bridgehead atoms. The van der Waals surface area contributed by atoms with Gasteiger partial charge in [0.05, 0.1) is 17.2 Å². The number of hydrogen-bond acceptors (Lipinski definition) is 4. The van der Waals surface area contributed by atoms with Gasteiger partial charge in [0.2, 0.25) is 0 Å². The summed E-state index contributed by atoms with van der Waals surface area (Å²) in [5, 5.41) is 5.22. The van der Waals surface area contributed by atoms with Crippen molar-refractivity contribution in [3.8, 4) is 10.6 Å². The van der Waals surface area contributed by atoms with Gasteiger partial charge in [0.15, 0.2) is 0 Å². The number of methoxy groups -OCH3 is 1. The summed E-state index contributed by atoms with van der Waals surface area (Å²) in [6, 6.07) is 7.98. The molecule has 0 fully saturated rings. The Bertz CT molecular complexity index is 590. The predicted molar refractivity (Wildman–Crippen MR) is 83.3 cm³/mol. The Labute approximate surface area is 123 Å². The van der Waals surface area contributed by atoms with E-state index < -0.39 is 0 Å². The number of hydrogen-bond donors (Lipinski definition) is 1. The summed E-state index contributed by atoms with van der Waals surface area (Å²) >= 11 is 1.64. The Morgan fingerprint density at radius 3 is 2.85 bits per heavy atom. The smallest absolute Gasteiger partial charge is 0.255 e. The predicted octanol–water partition coefficient (Wildman–Crippen LogP) is 2.33. The molecule has 5 heteroatoms. The molecule has 0 saturated heterocycles. The Hall–Kier alpha value is -1.43. The molecule has 0 aliphatic rings. The molecule has 0 saturated carbocycles. The summed E-state index contributed by atoms with van der Waals surface area (Å²) in [7, 11) is 1.65. The second kappa shape index (κ2) is 7.38. The molecule has 0 aliphatic heterocycles. The maximum absolute atomic E-state index is 12.6. The highest BCUT2D eigenvalue weighted by Gasteiger charge is 2.10. The van der Waals surface area contributed by atoms with Gasteiger partial charge in [0.1, 0.15) is 0 Å². The largest absolute Gasteiger partial charge is 0.383 e. The second-order valence-corrected chi connectivity index (χ2v) is 5.40. The zero-order valence-electron chi connectivity index (χ0n) is 11.9. The zero-order chi connectivity index (χ0) is 14.4. The van der Waals surface area contributed by atoms with Crippen molar-refractivity contribution < 1.29 is 4.74 Å². The summed E-state index contributed by atoms with van der Waals surface area (Å²) in [6.45, 7) is 4.59. The van der Waals surface area contributed by atoms with Gasteiger partial charge in [0, 0.05) is 25.8 Å². The summed E-state index contributed by atoms with van der Waals surface area (Å²) in [5.41, 5.74) is 1.82. The number of ether oxygens (including phenoxy) is 1. The molecule has 20 heavy (non-hydrogen) atoms. The third-order valence-corrected chi connectivity index (χ3v) is 4.00. The average molecular weight is 292 g/mol. The number of aromatic nitrogens is 1. The molecule has 4 nitrogen and oxygen atoms in total. The van der Waals surface area contributed by atoms with Crippen LogP contribution in [0.2, 0.25) is 0 Å². The van der Waals surface area contributed by atoms with E-state index in [2.05, 4.69) is 5.32 Å². The van der Waals surface area contributed by atoms with Gasteiger partial charge < -0.3 is 14.6 Å². The number of nitrogens with zero attached hydrogens (tertiary/aromatic N) is 1. The normalized spacial score (nSPS) is 10.9. The summed E-state index contributed by atoms with van der Waals surface area (Å²) in [6.07, 6.45) is 0. The molecule has 108 valence electrons. The molecule has 0 amide bonds. The van der Waals surface area contributed by atoms with Gasteiger partial charge in [-0.15, -0.1) is 11.3 Å². The van der Waals surface area contributed by atoms with Crippen LogP contribution in [0.4, 0.5) is 0 Å². The van der Waals surface area contributed by atoms with Gasteiger partial charge >= 0.3 is 0 Å². The van der Waals surface area contributed by atoms with Crippen LogP contribution in [0.5, 0.6) is 0 Å². The van der Waals surface area contributed by atoms with Crippen LogP contribution in [0.1, 0.15) is 12.5 Å². The highest BCUT2D eigenvalue weighted by atomic mass is 32.1. The molecule has 0 aromatic carbocycles. The van der Waals surface area contributed by atoms with Crippen molar-refractivity contribution in [3.05, 3.63) is 45.6 Å². The lowest BCUT2D eigenvalue weighted by Crippen LogP contribution is -2.29. The fourth-order valence-electron chi connectivity index (χ4n) is 2.06. The molecule has 2 heterocycles. The van der Waals surface area contributed by atoms with E-state index in [1.807, 2.05) is 41.1 Å². The molecule has 2 aromatic rings. The molecule has 2 rings (SSSR count). The lowest BCUT2D eigenvalue weighted by molar-refractivity contribution is 0.186. The fourth-order valence-corrected chi connectivity index (χ4v) is 2.82. The molecule has 0 aliphatic carbocycles. The van der Waals surface area contributed by atoms with E-state index >= 15 is 0 Å². The number of nitrogens with one attached hydrogen (secondary N) is 1. The minimum Gasteiger partial charge on any atom is -0.383 e. The van der Waals surface area contributed by atoms with E-state index in [-0.39, 0.29) is 5.56 Å². The molecule has 1 N–H and O–H groups in total. The van der Waals surface area contributed by atoms with Crippen LogP contribution in [-0.2, 0) is 17.8 Å². The minimum atomic E-state index is 0.0638. The molecular weight excluding hydrogens is 272 g/mol. The van der Waals surface area contributed by atoms with Crippen molar-refractivity contribution in [1.82, 2.24) is 9.88 Å².